The van der Waals surface area contributed by atoms with Crippen LogP contribution in [0.4, 0.5) is 13.2 Å². The molecule has 0 fully saturated rings. The largest absolute Gasteiger partial charge is 0.411 e. The maximum absolute atomic E-state index is 11.8. The number of hydrogen-bond donors (Lipinski definition) is 0. The highest BCUT2D eigenvalue weighted by molar-refractivity contribution is 5.47. The minimum absolute atomic E-state index is 0.0405. The van der Waals surface area contributed by atoms with Crippen molar-refractivity contribution >= 4 is 6.08 Å². The fourth-order valence-corrected chi connectivity index (χ4v) is 1.09. The number of halogens is 3. The zero-order valence-corrected chi connectivity index (χ0v) is 8.05. The van der Waals surface area contributed by atoms with E-state index < -0.39 is 12.8 Å². The van der Waals surface area contributed by atoms with E-state index >= 15 is 0 Å². The minimum atomic E-state index is -4.27. The standard InChI is InChI=1S/C11H11F3O/c1-2-9-4-3-5-10(6-9)7-15-8-11(12,13)14/h2-6H,1,7-8H2. The van der Waals surface area contributed by atoms with Gasteiger partial charge in [-0.25, -0.2) is 0 Å². The normalized spacial score (nSPS) is 11.4. The van der Waals surface area contributed by atoms with E-state index in [1.807, 2.05) is 6.07 Å². The van der Waals surface area contributed by atoms with E-state index in [9.17, 15) is 13.2 Å². The third-order valence-electron chi connectivity index (χ3n) is 1.72. The molecule has 0 aliphatic carbocycles. The van der Waals surface area contributed by atoms with Crippen LogP contribution in [-0.2, 0) is 11.3 Å². The second kappa shape index (κ2) is 4.98. The first kappa shape index (κ1) is 11.8. The number of benzene rings is 1. The molecule has 15 heavy (non-hydrogen) atoms. The lowest BCUT2D eigenvalue weighted by molar-refractivity contribution is -0.176. The van der Waals surface area contributed by atoms with Gasteiger partial charge in [0.2, 0.25) is 0 Å². The molecule has 0 unspecified atom stereocenters. The van der Waals surface area contributed by atoms with Crippen molar-refractivity contribution in [1.29, 1.82) is 0 Å². The van der Waals surface area contributed by atoms with Crippen LogP contribution in [0, 0.1) is 0 Å². The molecular formula is C11H11F3O. The van der Waals surface area contributed by atoms with Crippen LogP contribution in [-0.4, -0.2) is 12.8 Å². The molecule has 1 rings (SSSR count). The smallest absolute Gasteiger partial charge is 0.367 e. The number of hydrogen-bond acceptors (Lipinski definition) is 1. The summed E-state index contributed by atoms with van der Waals surface area (Å²) in [4.78, 5) is 0. The Morgan fingerprint density at radius 2 is 2.07 bits per heavy atom. The predicted molar refractivity (Wildman–Crippen MR) is 52.2 cm³/mol. The first-order chi connectivity index (χ1) is 7.01. The monoisotopic (exact) mass is 216 g/mol. The molecule has 0 N–H and O–H groups in total. The van der Waals surface area contributed by atoms with Crippen molar-refractivity contribution in [2.75, 3.05) is 6.61 Å². The van der Waals surface area contributed by atoms with Crippen molar-refractivity contribution in [3.63, 3.8) is 0 Å². The average Bonchev–Trinajstić information content (AvgIpc) is 2.16. The number of rotatable bonds is 4. The molecule has 0 amide bonds. The second-order valence-electron chi connectivity index (χ2n) is 3.06. The Morgan fingerprint density at radius 1 is 1.33 bits per heavy atom. The average molecular weight is 216 g/mol. The maximum atomic E-state index is 11.8. The lowest BCUT2D eigenvalue weighted by Crippen LogP contribution is -2.16. The Morgan fingerprint density at radius 3 is 2.67 bits per heavy atom. The zero-order valence-electron chi connectivity index (χ0n) is 8.05. The molecule has 0 aliphatic rings. The predicted octanol–water partition coefficient (Wildman–Crippen LogP) is 3.41. The Kier molecular flexibility index (Phi) is 3.91. The van der Waals surface area contributed by atoms with Crippen molar-refractivity contribution in [3.05, 3.63) is 42.0 Å². The van der Waals surface area contributed by atoms with E-state index in [0.717, 1.165) is 5.56 Å². The first-order valence-corrected chi connectivity index (χ1v) is 4.37. The Hall–Kier alpha value is -1.29. The second-order valence-corrected chi connectivity index (χ2v) is 3.06. The van der Waals surface area contributed by atoms with Crippen molar-refractivity contribution in [3.8, 4) is 0 Å². The highest BCUT2D eigenvalue weighted by Gasteiger charge is 2.27. The van der Waals surface area contributed by atoms with Gasteiger partial charge in [0.1, 0.15) is 6.61 Å². The Balaban J connectivity index is 2.47. The molecule has 0 saturated heterocycles. The zero-order chi connectivity index (χ0) is 11.3. The van der Waals surface area contributed by atoms with Crippen LogP contribution in [0.1, 0.15) is 11.1 Å². The summed E-state index contributed by atoms with van der Waals surface area (Å²) < 4.78 is 39.8. The molecule has 1 nitrogen and oxygen atoms in total. The van der Waals surface area contributed by atoms with Gasteiger partial charge < -0.3 is 4.74 Å². The molecule has 0 aromatic heterocycles. The minimum Gasteiger partial charge on any atom is -0.367 e. The summed E-state index contributed by atoms with van der Waals surface area (Å²) in [5.41, 5.74) is 1.57. The van der Waals surface area contributed by atoms with E-state index in [-0.39, 0.29) is 6.61 Å². The van der Waals surface area contributed by atoms with Crippen molar-refractivity contribution in [1.82, 2.24) is 0 Å². The van der Waals surface area contributed by atoms with Crippen LogP contribution in [0.15, 0.2) is 30.8 Å². The Bertz CT molecular complexity index is 331. The van der Waals surface area contributed by atoms with Crippen LogP contribution < -0.4 is 0 Å². The van der Waals surface area contributed by atoms with Gasteiger partial charge in [-0.2, -0.15) is 13.2 Å². The van der Waals surface area contributed by atoms with Gasteiger partial charge in [-0.1, -0.05) is 30.9 Å². The quantitative estimate of drug-likeness (QED) is 0.749. The lowest BCUT2D eigenvalue weighted by Gasteiger charge is -2.07. The summed E-state index contributed by atoms with van der Waals surface area (Å²) in [5, 5.41) is 0. The molecule has 1 aromatic carbocycles. The van der Waals surface area contributed by atoms with Crippen LogP contribution in [0.25, 0.3) is 6.08 Å². The maximum Gasteiger partial charge on any atom is 0.411 e. The first-order valence-electron chi connectivity index (χ1n) is 4.37. The molecule has 0 radical (unpaired) electrons. The summed E-state index contributed by atoms with van der Waals surface area (Å²) >= 11 is 0. The van der Waals surface area contributed by atoms with Gasteiger partial charge >= 0.3 is 6.18 Å². The molecule has 82 valence electrons. The fraction of sp³-hybridized carbons (Fsp3) is 0.273. The third kappa shape index (κ3) is 4.65. The molecule has 0 spiro atoms. The highest BCUT2D eigenvalue weighted by Crippen LogP contribution is 2.16. The van der Waals surface area contributed by atoms with Gasteiger partial charge in [0, 0.05) is 0 Å². The van der Waals surface area contributed by atoms with E-state index in [0.29, 0.717) is 5.56 Å². The summed E-state index contributed by atoms with van der Waals surface area (Å²) in [7, 11) is 0. The van der Waals surface area contributed by atoms with Crippen molar-refractivity contribution in [2.24, 2.45) is 0 Å². The van der Waals surface area contributed by atoms with Gasteiger partial charge in [0.05, 0.1) is 6.61 Å². The van der Waals surface area contributed by atoms with Crippen LogP contribution in [0.3, 0.4) is 0 Å². The van der Waals surface area contributed by atoms with Gasteiger partial charge in [0.15, 0.2) is 0 Å². The van der Waals surface area contributed by atoms with Crippen LogP contribution in [0.5, 0.6) is 0 Å². The van der Waals surface area contributed by atoms with Crippen LogP contribution >= 0.6 is 0 Å². The highest BCUT2D eigenvalue weighted by atomic mass is 19.4. The molecule has 1 aromatic rings. The molecule has 0 bridgehead atoms. The lowest BCUT2D eigenvalue weighted by atomic mass is 10.1. The summed E-state index contributed by atoms with van der Waals surface area (Å²) in [6.07, 6.45) is -2.64. The number of ether oxygens (including phenoxy) is 1. The van der Waals surface area contributed by atoms with Gasteiger partial charge in [-0.05, 0) is 17.2 Å². The molecule has 0 atom stereocenters. The number of alkyl halides is 3. The molecule has 0 saturated carbocycles. The molecule has 0 heterocycles. The van der Waals surface area contributed by atoms with E-state index in [4.69, 9.17) is 0 Å². The summed E-state index contributed by atoms with van der Waals surface area (Å²) in [6, 6.07) is 7.02. The summed E-state index contributed by atoms with van der Waals surface area (Å²) in [5.74, 6) is 0. The van der Waals surface area contributed by atoms with Crippen molar-refractivity contribution < 1.29 is 17.9 Å². The third-order valence-corrected chi connectivity index (χ3v) is 1.72. The Labute approximate surface area is 86.2 Å². The van der Waals surface area contributed by atoms with Gasteiger partial charge in [-0.3, -0.25) is 0 Å². The van der Waals surface area contributed by atoms with Gasteiger partial charge in [-0.15, -0.1) is 0 Å². The van der Waals surface area contributed by atoms with Gasteiger partial charge in [0.25, 0.3) is 0 Å². The fourth-order valence-electron chi connectivity index (χ4n) is 1.09. The van der Waals surface area contributed by atoms with Crippen molar-refractivity contribution in [2.45, 2.75) is 12.8 Å². The van der Waals surface area contributed by atoms with E-state index in [1.165, 1.54) is 0 Å². The van der Waals surface area contributed by atoms with E-state index in [2.05, 4.69) is 11.3 Å². The molecular weight excluding hydrogens is 205 g/mol. The van der Waals surface area contributed by atoms with E-state index in [1.54, 1.807) is 24.3 Å². The van der Waals surface area contributed by atoms with Crippen LogP contribution in [0.2, 0.25) is 0 Å². The SMILES string of the molecule is C=Cc1cccc(COCC(F)(F)F)c1. The summed E-state index contributed by atoms with van der Waals surface area (Å²) in [6.45, 7) is 2.31. The molecule has 4 heteroatoms. The molecule has 0 aliphatic heterocycles. The topological polar surface area (TPSA) is 9.23 Å².